The second-order valence-electron chi connectivity index (χ2n) is 8.42. The van der Waals surface area contributed by atoms with Crippen molar-refractivity contribution < 1.29 is 19.0 Å². The summed E-state index contributed by atoms with van der Waals surface area (Å²) in [7, 11) is 0. The quantitative estimate of drug-likeness (QED) is 0.159. The number of unbranched alkanes of at least 4 members (excludes halogenated alkanes) is 1. The van der Waals surface area contributed by atoms with Crippen molar-refractivity contribution in [2.24, 2.45) is 0 Å². The summed E-state index contributed by atoms with van der Waals surface area (Å²) < 4.78 is 16.4. The van der Waals surface area contributed by atoms with Crippen molar-refractivity contribution in [2.45, 2.75) is 63.5 Å². The van der Waals surface area contributed by atoms with Crippen LogP contribution in [0.4, 0.5) is 0 Å². The van der Waals surface area contributed by atoms with Crippen LogP contribution in [0, 0.1) is 0 Å². The minimum absolute atomic E-state index is 0.206. The monoisotopic (exact) mass is 487 g/mol. The van der Waals surface area contributed by atoms with Crippen LogP contribution >= 0.6 is 11.8 Å². The first-order valence-electron chi connectivity index (χ1n) is 12.5. The van der Waals surface area contributed by atoms with E-state index < -0.39 is 4.75 Å². The Balaban J connectivity index is 2.04. The lowest BCUT2D eigenvalue weighted by atomic mass is 10.00. The number of esters is 1. The SMILES string of the molecule is CCCCOc1ccc(SC(C)(Cc2ccc(OCCN(CC)CC)cc2)C(=O)OCC)cc1. The highest BCUT2D eigenvalue weighted by Gasteiger charge is 2.36. The van der Waals surface area contributed by atoms with Gasteiger partial charge in [-0.2, -0.15) is 0 Å². The van der Waals surface area contributed by atoms with Gasteiger partial charge in [0.2, 0.25) is 0 Å². The maximum atomic E-state index is 12.9. The Morgan fingerprint density at radius 2 is 1.47 bits per heavy atom. The summed E-state index contributed by atoms with van der Waals surface area (Å²) >= 11 is 1.53. The van der Waals surface area contributed by atoms with Gasteiger partial charge in [-0.05, 0) is 81.7 Å². The summed E-state index contributed by atoms with van der Waals surface area (Å²) in [5.41, 5.74) is 1.07. The molecule has 2 rings (SSSR count). The van der Waals surface area contributed by atoms with Crippen LogP contribution in [0.15, 0.2) is 53.4 Å². The first-order valence-corrected chi connectivity index (χ1v) is 13.3. The Bertz CT molecular complexity index is 836. The van der Waals surface area contributed by atoms with E-state index in [1.54, 1.807) is 0 Å². The number of hydrogen-bond acceptors (Lipinski definition) is 6. The molecule has 0 saturated heterocycles. The van der Waals surface area contributed by atoms with E-state index in [0.29, 0.717) is 19.6 Å². The molecule has 0 aliphatic carbocycles. The highest BCUT2D eigenvalue weighted by Crippen LogP contribution is 2.37. The summed E-state index contributed by atoms with van der Waals surface area (Å²) in [6, 6.07) is 16.0. The number of carbonyl (C=O) groups excluding carboxylic acids is 1. The highest BCUT2D eigenvalue weighted by atomic mass is 32.2. The van der Waals surface area contributed by atoms with Gasteiger partial charge >= 0.3 is 5.97 Å². The molecule has 0 bridgehead atoms. The van der Waals surface area contributed by atoms with E-state index >= 15 is 0 Å². The molecule has 0 aromatic heterocycles. The predicted octanol–water partition coefficient (Wildman–Crippen LogP) is 6.24. The first kappa shape index (κ1) is 28.1. The molecule has 2 aromatic rings. The number of benzene rings is 2. The van der Waals surface area contributed by atoms with E-state index in [0.717, 1.165) is 61.0 Å². The van der Waals surface area contributed by atoms with Crippen LogP contribution in [0.1, 0.15) is 53.0 Å². The van der Waals surface area contributed by atoms with Crippen LogP contribution < -0.4 is 9.47 Å². The zero-order chi connectivity index (χ0) is 24.8. The Morgan fingerprint density at radius 3 is 2.03 bits per heavy atom. The molecular formula is C28H41NO4S. The van der Waals surface area contributed by atoms with E-state index in [-0.39, 0.29) is 5.97 Å². The third-order valence-corrected chi connectivity index (χ3v) is 6.95. The van der Waals surface area contributed by atoms with E-state index in [9.17, 15) is 4.79 Å². The van der Waals surface area contributed by atoms with Gasteiger partial charge in [-0.15, -0.1) is 11.8 Å². The maximum absolute atomic E-state index is 12.9. The van der Waals surface area contributed by atoms with Crippen LogP contribution in [0.3, 0.4) is 0 Å². The second kappa shape index (κ2) is 14.9. The average molecular weight is 488 g/mol. The van der Waals surface area contributed by atoms with Crippen molar-refractivity contribution in [1.82, 2.24) is 4.90 Å². The minimum Gasteiger partial charge on any atom is -0.494 e. The van der Waals surface area contributed by atoms with Crippen LogP contribution in [-0.4, -0.2) is 55.1 Å². The fourth-order valence-corrected chi connectivity index (χ4v) is 4.73. The number of thioether (sulfide) groups is 1. The molecule has 0 N–H and O–H groups in total. The smallest absolute Gasteiger partial charge is 0.322 e. The Kier molecular flexibility index (Phi) is 12.3. The fourth-order valence-electron chi connectivity index (χ4n) is 3.56. The normalized spacial score (nSPS) is 12.9. The molecule has 0 saturated carbocycles. The van der Waals surface area contributed by atoms with Crippen LogP contribution in [0.2, 0.25) is 0 Å². The van der Waals surface area contributed by atoms with E-state index in [1.165, 1.54) is 11.8 Å². The van der Waals surface area contributed by atoms with E-state index in [1.807, 2.05) is 62.4 Å². The second-order valence-corrected chi connectivity index (χ2v) is 10.00. The van der Waals surface area contributed by atoms with Crippen molar-refractivity contribution in [3.8, 4) is 11.5 Å². The molecule has 6 heteroatoms. The molecule has 0 spiro atoms. The van der Waals surface area contributed by atoms with Crippen molar-refractivity contribution in [2.75, 3.05) is 39.5 Å². The van der Waals surface area contributed by atoms with Crippen molar-refractivity contribution in [3.63, 3.8) is 0 Å². The number of rotatable bonds is 16. The lowest BCUT2D eigenvalue weighted by molar-refractivity contribution is -0.145. The topological polar surface area (TPSA) is 48.0 Å². The summed E-state index contributed by atoms with van der Waals surface area (Å²) in [6.45, 7) is 15.0. The van der Waals surface area contributed by atoms with Gasteiger partial charge in [-0.25, -0.2) is 0 Å². The Morgan fingerprint density at radius 1 is 0.882 bits per heavy atom. The zero-order valence-electron chi connectivity index (χ0n) is 21.5. The molecule has 0 heterocycles. The summed E-state index contributed by atoms with van der Waals surface area (Å²) in [4.78, 5) is 16.3. The third kappa shape index (κ3) is 9.22. The van der Waals surface area contributed by atoms with Gasteiger partial charge in [-0.1, -0.05) is 39.3 Å². The molecule has 34 heavy (non-hydrogen) atoms. The van der Waals surface area contributed by atoms with E-state index in [2.05, 4.69) is 25.7 Å². The number of likely N-dealkylation sites (N-methyl/N-ethyl adjacent to an activating group) is 1. The van der Waals surface area contributed by atoms with Gasteiger partial charge in [0, 0.05) is 11.4 Å². The number of ether oxygens (including phenoxy) is 3. The van der Waals surface area contributed by atoms with E-state index in [4.69, 9.17) is 14.2 Å². The van der Waals surface area contributed by atoms with Gasteiger partial charge in [0.25, 0.3) is 0 Å². The largest absolute Gasteiger partial charge is 0.494 e. The first-order chi connectivity index (χ1) is 16.4. The van der Waals surface area contributed by atoms with Gasteiger partial charge in [-0.3, -0.25) is 4.79 Å². The lowest BCUT2D eigenvalue weighted by Crippen LogP contribution is -2.36. The molecule has 188 valence electrons. The van der Waals surface area contributed by atoms with Crippen molar-refractivity contribution >= 4 is 17.7 Å². The average Bonchev–Trinajstić information content (AvgIpc) is 2.84. The van der Waals surface area contributed by atoms with Gasteiger partial charge in [0.05, 0.1) is 13.2 Å². The molecule has 1 atom stereocenters. The fraction of sp³-hybridized carbons (Fsp3) is 0.536. The standard InChI is InChI=1S/C28H41NO4S/c1-6-10-20-32-25-15-17-26(18-16-25)34-28(5,27(30)31-9-4)22-23-11-13-24(14-12-23)33-21-19-29(7-2)8-3/h11-18H,6-10,19-22H2,1-5H3. The molecule has 1 unspecified atom stereocenters. The zero-order valence-corrected chi connectivity index (χ0v) is 22.3. The highest BCUT2D eigenvalue weighted by molar-refractivity contribution is 8.01. The molecule has 0 aliphatic rings. The van der Waals surface area contributed by atoms with Crippen LogP contribution in [0.25, 0.3) is 0 Å². The molecule has 0 amide bonds. The van der Waals surface area contributed by atoms with Gasteiger partial charge < -0.3 is 19.1 Å². The van der Waals surface area contributed by atoms with Crippen molar-refractivity contribution in [3.05, 3.63) is 54.1 Å². The van der Waals surface area contributed by atoms with Crippen molar-refractivity contribution in [1.29, 1.82) is 0 Å². The summed E-state index contributed by atoms with van der Waals surface area (Å²) in [6.07, 6.45) is 2.71. The predicted molar refractivity (Wildman–Crippen MR) is 141 cm³/mol. The number of carbonyl (C=O) groups is 1. The van der Waals surface area contributed by atoms with Gasteiger partial charge in [0.1, 0.15) is 22.9 Å². The Hall–Kier alpha value is -2.18. The van der Waals surface area contributed by atoms with Gasteiger partial charge in [0.15, 0.2) is 0 Å². The Labute approximate surface area is 210 Å². The minimum atomic E-state index is -0.744. The molecule has 2 aromatic carbocycles. The lowest BCUT2D eigenvalue weighted by Gasteiger charge is -2.27. The van der Waals surface area contributed by atoms with Crippen LogP contribution in [-0.2, 0) is 16.0 Å². The maximum Gasteiger partial charge on any atom is 0.322 e. The summed E-state index contributed by atoms with van der Waals surface area (Å²) in [5, 5.41) is 0. The molecular weight excluding hydrogens is 446 g/mol. The number of nitrogens with zero attached hydrogens (tertiary/aromatic N) is 1. The molecule has 0 radical (unpaired) electrons. The summed E-state index contributed by atoms with van der Waals surface area (Å²) in [5.74, 6) is 1.50. The molecule has 0 fully saturated rings. The number of hydrogen-bond donors (Lipinski definition) is 0. The third-order valence-electron chi connectivity index (χ3n) is 5.68. The molecule has 0 aliphatic heterocycles. The molecule has 5 nitrogen and oxygen atoms in total. The van der Waals surface area contributed by atoms with Crippen LogP contribution in [0.5, 0.6) is 11.5 Å².